The molecule has 4 nitrogen and oxygen atoms in total. The molecule has 2 aliphatic heterocycles. The molecule has 1 unspecified atom stereocenters. The Morgan fingerprint density at radius 1 is 1.10 bits per heavy atom. The van der Waals surface area contributed by atoms with E-state index in [2.05, 4.69) is 17.4 Å². The minimum atomic E-state index is -3.09. The van der Waals surface area contributed by atoms with Crippen molar-refractivity contribution in [1.29, 1.82) is 0 Å². The Hall–Kier alpha value is -0.910. The number of benzene rings is 1. The Morgan fingerprint density at radius 3 is 2.52 bits per heavy atom. The summed E-state index contributed by atoms with van der Waals surface area (Å²) in [6.07, 6.45) is 2.90. The molecule has 1 aromatic carbocycles. The molecule has 0 radical (unpaired) electrons. The molecule has 21 heavy (non-hydrogen) atoms. The fraction of sp³-hybridized carbons (Fsp3) is 0.625. The Balaban J connectivity index is 1.62. The molecule has 5 heteroatoms. The van der Waals surface area contributed by atoms with E-state index >= 15 is 0 Å². The first-order valence-corrected chi connectivity index (χ1v) is 9.49. The van der Waals surface area contributed by atoms with E-state index in [1.165, 1.54) is 5.56 Å². The topological polar surface area (TPSA) is 49.4 Å². The molecule has 2 aliphatic rings. The second-order valence-corrected chi connectivity index (χ2v) is 8.24. The van der Waals surface area contributed by atoms with E-state index < -0.39 is 10.0 Å². The molecule has 0 spiro atoms. The summed E-state index contributed by atoms with van der Waals surface area (Å²) >= 11 is 0. The van der Waals surface area contributed by atoms with Crippen molar-refractivity contribution in [2.24, 2.45) is 5.92 Å². The van der Waals surface area contributed by atoms with Crippen LogP contribution in [0.1, 0.15) is 30.7 Å². The highest BCUT2D eigenvalue weighted by Gasteiger charge is 2.33. The van der Waals surface area contributed by atoms with Gasteiger partial charge in [0.1, 0.15) is 0 Å². The minimum absolute atomic E-state index is 0.326. The molecule has 0 aromatic heterocycles. The zero-order valence-electron chi connectivity index (χ0n) is 12.4. The quantitative estimate of drug-likeness (QED) is 0.923. The summed E-state index contributed by atoms with van der Waals surface area (Å²) < 4.78 is 26.9. The SMILES string of the molecule is O=S(=O)(CC1CCNCC1)N1CCC(c2ccccc2)C1. The van der Waals surface area contributed by atoms with Crippen LogP contribution in [0.4, 0.5) is 0 Å². The Kier molecular flexibility index (Phi) is 4.62. The lowest BCUT2D eigenvalue weighted by molar-refractivity contribution is 0.389. The predicted molar refractivity (Wildman–Crippen MR) is 84.8 cm³/mol. The molecule has 0 bridgehead atoms. The number of nitrogens with zero attached hydrogens (tertiary/aromatic N) is 1. The molecule has 2 heterocycles. The lowest BCUT2D eigenvalue weighted by Crippen LogP contribution is -2.37. The van der Waals surface area contributed by atoms with Crippen LogP contribution in [0.2, 0.25) is 0 Å². The molecule has 116 valence electrons. The van der Waals surface area contributed by atoms with Crippen molar-refractivity contribution >= 4 is 10.0 Å². The normalized spacial score (nSPS) is 25.2. The largest absolute Gasteiger partial charge is 0.317 e. The lowest BCUT2D eigenvalue weighted by Gasteiger charge is -2.25. The third-order valence-electron chi connectivity index (χ3n) is 4.72. The second kappa shape index (κ2) is 6.46. The van der Waals surface area contributed by atoms with Crippen molar-refractivity contribution in [2.45, 2.75) is 25.2 Å². The highest BCUT2D eigenvalue weighted by Crippen LogP contribution is 2.29. The lowest BCUT2D eigenvalue weighted by atomic mass is 9.99. The van der Waals surface area contributed by atoms with Gasteiger partial charge in [0.05, 0.1) is 5.75 Å². The van der Waals surface area contributed by atoms with Crippen LogP contribution >= 0.6 is 0 Å². The first-order valence-electron chi connectivity index (χ1n) is 7.88. The highest BCUT2D eigenvalue weighted by atomic mass is 32.2. The molecule has 2 saturated heterocycles. The van der Waals surface area contributed by atoms with E-state index in [9.17, 15) is 8.42 Å². The Labute approximate surface area is 127 Å². The molecule has 2 fully saturated rings. The van der Waals surface area contributed by atoms with Gasteiger partial charge in [-0.15, -0.1) is 0 Å². The molecule has 0 amide bonds. The van der Waals surface area contributed by atoms with Crippen LogP contribution < -0.4 is 5.32 Å². The van der Waals surface area contributed by atoms with E-state index in [1.807, 2.05) is 18.2 Å². The monoisotopic (exact) mass is 308 g/mol. The van der Waals surface area contributed by atoms with Gasteiger partial charge >= 0.3 is 0 Å². The van der Waals surface area contributed by atoms with E-state index in [1.54, 1.807) is 4.31 Å². The van der Waals surface area contributed by atoms with Gasteiger partial charge in [0.2, 0.25) is 10.0 Å². The van der Waals surface area contributed by atoms with Crippen molar-refractivity contribution in [1.82, 2.24) is 9.62 Å². The number of hydrogen-bond acceptors (Lipinski definition) is 3. The van der Waals surface area contributed by atoms with Gasteiger partial charge in [0.25, 0.3) is 0 Å². The zero-order valence-corrected chi connectivity index (χ0v) is 13.2. The van der Waals surface area contributed by atoms with E-state index in [0.29, 0.717) is 30.7 Å². The van der Waals surface area contributed by atoms with Gasteiger partial charge in [0.15, 0.2) is 0 Å². The fourth-order valence-corrected chi connectivity index (χ4v) is 5.36. The average Bonchev–Trinajstić information content (AvgIpc) is 2.99. The fourth-order valence-electron chi connectivity index (χ4n) is 3.43. The van der Waals surface area contributed by atoms with Crippen molar-refractivity contribution in [3.63, 3.8) is 0 Å². The minimum Gasteiger partial charge on any atom is -0.317 e. The third-order valence-corrected chi connectivity index (χ3v) is 6.73. The number of rotatable bonds is 4. The van der Waals surface area contributed by atoms with Crippen LogP contribution in [0.15, 0.2) is 30.3 Å². The van der Waals surface area contributed by atoms with Crippen LogP contribution in [-0.4, -0.2) is 44.7 Å². The van der Waals surface area contributed by atoms with Crippen molar-refractivity contribution in [3.05, 3.63) is 35.9 Å². The van der Waals surface area contributed by atoms with Crippen LogP contribution in [-0.2, 0) is 10.0 Å². The van der Waals surface area contributed by atoms with Crippen LogP contribution in [0.3, 0.4) is 0 Å². The smallest absolute Gasteiger partial charge is 0.214 e. The van der Waals surface area contributed by atoms with Crippen LogP contribution in [0, 0.1) is 5.92 Å². The maximum Gasteiger partial charge on any atom is 0.214 e. The summed E-state index contributed by atoms with van der Waals surface area (Å²) in [7, 11) is -3.09. The maximum atomic E-state index is 12.6. The molecule has 1 atom stereocenters. The van der Waals surface area contributed by atoms with E-state index in [4.69, 9.17) is 0 Å². The van der Waals surface area contributed by atoms with Gasteiger partial charge in [-0.05, 0) is 49.8 Å². The molecular weight excluding hydrogens is 284 g/mol. The van der Waals surface area contributed by atoms with Crippen LogP contribution in [0.5, 0.6) is 0 Å². The summed E-state index contributed by atoms with van der Waals surface area (Å²) in [5, 5.41) is 3.29. The van der Waals surface area contributed by atoms with Gasteiger partial charge in [0, 0.05) is 13.1 Å². The van der Waals surface area contributed by atoms with Gasteiger partial charge in [-0.1, -0.05) is 30.3 Å². The van der Waals surface area contributed by atoms with E-state index in [0.717, 1.165) is 32.4 Å². The van der Waals surface area contributed by atoms with E-state index in [-0.39, 0.29) is 0 Å². The summed E-state index contributed by atoms with van der Waals surface area (Å²) in [4.78, 5) is 0. The summed E-state index contributed by atoms with van der Waals surface area (Å²) in [6.45, 7) is 3.23. The summed E-state index contributed by atoms with van der Waals surface area (Å²) in [5.41, 5.74) is 1.26. The van der Waals surface area contributed by atoms with Gasteiger partial charge in [-0.2, -0.15) is 0 Å². The third kappa shape index (κ3) is 3.65. The molecular formula is C16H24N2O2S. The molecule has 0 saturated carbocycles. The number of sulfonamides is 1. The van der Waals surface area contributed by atoms with Crippen LogP contribution in [0.25, 0.3) is 0 Å². The second-order valence-electron chi connectivity index (χ2n) is 6.23. The zero-order chi connectivity index (χ0) is 14.7. The van der Waals surface area contributed by atoms with Crippen molar-refractivity contribution < 1.29 is 8.42 Å². The average molecular weight is 308 g/mol. The predicted octanol–water partition coefficient (Wildman–Crippen LogP) is 1.81. The van der Waals surface area contributed by atoms with Crippen molar-refractivity contribution in [2.75, 3.05) is 31.9 Å². The Bertz CT molecular complexity index is 553. The van der Waals surface area contributed by atoms with Gasteiger partial charge in [-0.3, -0.25) is 0 Å². The molecule has 3 rings (SSSR count). The standard InChI is InChI=1S/C16H24N2O2S/c19-21(20,13-14-6-9-17-10-7-14)18-11-8-16(12-18)15-4-2-1-3-5-15/h1-5,14,16-17H,6-13H2. The van der Waals surface area contributed by atoms with Crippen molar-refractivity contribution in [3.8, 4) is 0 Å². The highest BCUT2D eigenvalue weighted by molar-refractivity contribution is 7.89. The Morgan fingerprint density at radius 2 is 1.81 bits per heavy atom. The molecule has 1 aromatic rings. The first kappa shape index (κ1) is 15.0. The van der Waals surface area contributed by atoms with Gasteiger partial charge < -0.3 is 5.32 Å². The maximum absolute atomic E-state index is 12.6. The first-order chi connectivity index (χ1) is 10.1. The number of piperidine rings is 1. The summed E-state index contributed by atoms with van der Waals surface area (Å²) in [6, 6.07) is 10.3. The molecule has 0 aliphatic carbocycles. The number of hydrogen-bond donors (Lipinski definition) is 1. The van der Waals surface area contributed by atoms with Gasteiger partial charge in [-0.25, -0.2) is 12.7 Å². The summed E-state index contributed by atoms with van der Waals surface area (Å²) in [5.74, 6) is 1.01. The molecule has 1 N–H and O–H groups in total. The number of nitrogens with one attached hydrogen (secondary N) is 1.